The van der Waals surface area contributed by atoms with Gasteiger partial charge in [-0.05, 0) is 25.1 Å². The van der Waals surface area contributed by atoms with E-state index in [1.54, 1.807) is 30.3 Å². The number of nitrogens with one attached hydrogen (secondary N) is 1. The Hall–Kier alpha value is -2.54. The number of aromatic nitrogens is 3. The maximum atomic E-state index is 12.6. The van der Waals surface area contributed by atoms with E-state index in [1.807, 2.05) is 6.92 Å². The van der Waals surface area contributed by atoms with Crippen molar-refractivity contribution in [3.63, 3.8) is 0 Å². The lowest BCUT2D eigenvalue weighted by molar-refractivity contribution is 0.588. The van der Waals surface area contributed by atoms with E-state index in [-0.39, 0.29) is 10.5 Å². The Kier molecular flexibility index (Phi) is 3.06. The molecule has 1 N–H and O–H groups in total. The van der Waals surface area contributed by atoms with E-state index in [9.17, 15) is 8.42 Å². The van der Waals surface area contributed by atoms with E-state index in [2.05, 4.69) is 9.97 Å². The van der Waals surface area contributed by atoms with E-state index in [1.165, 1.54) is 12.4 Å². The quantitative estimate of drug-likeness (QED) is 0.749. The van der Waals surface area contributed by atoms with Crippen LogP contribution in [0.5, 0.6) is 0 Å². The van der Waals surface area contributed by atoms with Crippen LogP contribution in [-0.4, -0.2) is 28.6 Å². The van der Waals surface area contributed by atoms with Crippen LogP contribution in [0.4, 0.5) is 0 Å². The highest BCUT2D eigenvalue weighted by Crippen LogP contribution is 2.20. The van der Waals surface area contributed by atoms with Gasteiger partial charge in [-0.25, -0.2) is 22.4 Å². The molecule has 2 heterocycles. The summed E-state index contributed by atoms with van der Waals surface area (Å²) in [5, 5.41) is 7.15. The molecular weight excluding hydrogens is 288 g/mol. The molecule has 2 aromatic heterocycles. The van der Waals surface area contributed by atoms with Crippen LogP contribution in [0.2, 0.25) is 0 Å². The van der Waals surface area contributed by atoms with Gasteiger partial charge in [0.25, 0.3) is 10.0 Å². The minimum atomic E-state index is -3.70. The first-order valence-electron chi connectivity index (χ1n) is 6.19. The molecule has 106 valence electrons. The van der Waals surface area contributed by atoms with E-state index < -0.39 is 10.0 Å². The van der Waals surface area contributed by atoms with Crippen molar-refractivity contribution in [1.82, 2.24) is 13.9 Å². The van der Waals surface area contributed by atoms with Crippen molar-refractivity contribution in [1.29, 1.82) is 5.41 Å². The number of aryl methyl sites for hydroxylation is 1. The van der Waals surface area contributed by atoms with E-state index in [0.29, 0.717) is 11.2 Å². The largest absolute Gasteiger partial charge is 0.306 e. The van der Waals surface area contributed by atoms with Gasteiger partial charge in [-0.3, -0.25) is 0 Å². The van der Waals surface area contributed by atoms with Gasteiger partial charge < -0.3 is 5.41 Å². The molecule has 3 rings (SSSR count). The molecule has 6 nitrogen and oxygen atoms in total. The molecule has 3 aromatic rings. The minimum Gasteiger partial charge on any atom is -0.306 e. The molecule has 0 atom stereocenters. The highest BCUT2D eigenvalue weighted by Gasteiger charge is 2.19. The molecule has 0 radical (unpaired) electrons. The average molecular weight is 300 g/mol. The lowest BCUT2D eigenvalue weighted by Gasteiger charge is -2.07. The second-order valence-corrected chi connectivity index (χ2v) is 6.39. The summed E-state index contributed by atoms with van der Waals surface area (Å²) in [6.45, 7) is 1.89. The summed E-state index contributed by atoms with van der Waals surface area (Å²) >= 11 is 0. The lowest BCUT2D eigenvalue weighted by Crippen LogP contribution is -2.12. The van der Waals surface area contributed by atoms with E-state index in [4.69, 9.17) is 5.41 Å². The Morgan fingerprint density at radius 2 is 1.90 bits per heavy atom. The standard InChI is InChI=1S/C14H12N4O2S/c1-10-2-4-12(5-3-10)21(19,20)18-7-6-13-14(18)16-9-11(8-15)17-13/h2-9,15H,1H3. The molecule has 7 heteroatoms. The minimum absolute atomic E-state index is 0.198. The molecule has 0 aliphatic carbocycles. The molecule has 0 aliphatic heterocycles. The predicted octanol–water partition coefficient (Wildman–Crippen LogP) is 1.97. The zero-order chi connectivity index (χ0) is 15.0. The first kappa shape index (κ1) is 13.4. The highest BCUT2D eigenvalue weighted by atomic mass is 32.2. The maximum Gasteiger partial charge on any atom is 0.269 e. The molecule has 1 aromatic carbocycles. The third kappa shape index (κ3) is 2.21. The topological polar surface area (TPSA) is 88.7 Å². The smallest absolute Gasteiger partial charge is 0.269 e. The van der Waals surface area contributed by atoms with Gasteiger partial charge in [0, 0.05) is 12.4 Å². The van der Waals surface area contributed by atoms with Crippen LogP contribution in [0, 0.1) is 12.3 Å². The second kappa shape index (κ2) is 4.78. The summed E-state index contributed by atoms with van der Waals surface area (Å²) in [4.78, 5) is 8.43. The summed E-state index contributed by atoms with van der Waals surface area (Å²) in [5.41, 5.74) is 2.06. The van der Waals surface area contributed by atoms with Crippen LogP contribution in [0.15, 0.2) is 47.6 Å². The highest BCUT2D eigenvalue weighted by molar-refractivity contribution is 7.90. The van der Waals surface area contributed by atoms with E-state index in [0.717, 1.165) is 15.8 Å². The fraction of sp³-hybridized carbons (Fsp3) is 0.0714. The Morgan fingerprint density at radius 1 is 1.19 bits per heavy atom. The number of nitrogens with zero attached hydrogens (tertiary/aromatic N) is 3. The monoisotopic (exact) mass is 300 g/mol. The molecule has 0 saturated carbocycles. The van der Waals surface area contributed by atoms with Crippen molar-refractivity contribution in [2.75, 3.05) is 0 Å². The summed E-state index contributed by atoms with van der Waals surface area (Å²) in [6.07, 6.45) is 3.86. The summed E-state index contributed by atoms with van der Waals surface area (Å²) < 4.78 is 26.4. The first-order chi connectivity index (χ1) is 10.0. The van der Waals surface area contributed by atoms with Gasteiger partial charge >= 0.3 is 0 Å². The summed E-state index contributed by atoms with van der Waals surface area (Å²) in [5.74, 6) is 0. The SMILES string of the molecule is Cc1ccc(S(=O)(=O)n2ccc3nc(C=N)cnc32)cc1. The fourth-order valence-corrected chi connectivity index (χ4v) is 3.29. The Bertz CT molecular complexity index is 927. The van der Waals surface area contributed by atoms with Crippen molar-refractivity contribution in [3.8, 4) is 0 Å². The van der Waals surface area contributed by atoms with Gasteiger partial charge in [-0.1, -0.05) is 17.7 Å². The molecule has 0 amide bonds. The maximum absolute atomic E-state index is 12.6. The second-order valence-electron chi connectivity index (χ2n) is 4.58. The van der Waals surface area contributed by atoms with Crippen LogP contribution in [0.3, 0.4) is 0 Å². The van der Waals surface area contributed by atoms with Crippen molar-refractivity contribution >= 4 is 27.4 Å². The first-order valence-corrected chi connectivity index (χ1v) is 7.63. The molecule has 21 heavy (non-hydrogen) atoms. The number of hydrogen-bond acceptors (Lipinski definition) is 5. The number of fused-ring (bicyclic) bond motifs is 1. The molecule has 0 bridgehead atoms. The molecule has 0 spiro atoms. The van der Waals surface area contributed by atoms with Gasteiger partial charge in [0.05, 0.1) is 16.8 Å². The summed E-state index contributed by atoms with van der Waals surface area (Å²) in [7, 11) is -3.70. The Labute approximate surface area is 121 Å². The Morgan fingerprint density at radius 3 is 2.57 bits per heavy atom. The van der Waals surface area contributed by atoms with Gasteiger partial charge in [0.15, 0.2) is 5.65 Å². The van der Waals surface area contributed by atoms with Gasteiger partial charge in [-0.15, -0.1) is 0 Å². The van der Waals surface area contributed by atoms with Crippen molar-refractivity contribution in [2.45, 2.75) is 11.8 Å². The predicted molar refractivity (Wildman–Crippen MR) is 79.2 cm³/mol. The van der Waals surface area contributed by atoms with Crippen LogP contribution < -0.4 is 0 Å². The van der Waals surface area contributed by atoms with Crippen LogP contribution >= 0.6 is 0 Å². The van der Waals surface area contributed by atoms with Gasteiger partial charge in [-0.2, -0.15) is 0 Å². The molecule has 0 fully saturated rings. The van der Waals surface area contributed by atoms with E-state index >= 15 is 0 Å². The van der Waals surface area contributed by atoms with Crippen molar-refractivity contribution in [3.05, 3.63) is 54.0 Å². The molecule has 0 saturated heterocycles. The third-order valence-electron chi connectivity index (χ3n) is 3.10. The van der Waals surface area contributed by atoms with Crippen molar-refractivity contribution < 1.29 is 8.42 Å². The van der Waals surface area contributed by atoms with Gasteiger partial charge in [0.2, 0.25) is 0 Å². The van der Waals surface area contributed by atoms with Crippen LogP contribution in [0.1, 0.15) is 11.3 Å². The van der Waals surface area contributed by atoms with Crippen molar-refractivity contribution in [2.24, 2.45) is 0 Å². The normalized spacial score (nSPS) is 11.7. The molecular formula is C14H12N4O2S. The molecule has 0 unspecified atom stereocenters. The summed E-state index contributed by atoms with van der Waals surface area (Å²) in [6, 6.07) is 8.20. The van der Waals surface area contributed by atoms with Crippen LogP contribution in [0.25, 0.3) is 11.2 Å². The van der Waals surface area contributed by atoms with Crippen LogP contribution in [-0.2, 0) is 10.0 Å². The van der Waals surface area contributed by atoms with Gasteiger partial charge in [0.1, 0.15) is 5.52 Å². The third-order valence-corrected chi connectivity index (χ3v) is 4.78. The zero-order valence-electron chi connectivity index (χ0n) is 11.2. The average Bonchev–Trinajstić information content (AvgIpc) is 2.91. The number of rotatable bonds is 3. The number of hydrogen-bond donors (Lipinski definition) is 1. The Balaban J connectivity index is 2.19. The number of benzene rings is 1. The zero-order valence-corrected chi connectivity index (χ0v) is 12.0. The lowest BCUT2D eigenvalue weighted by atomic mass is 10.2. The molecule has 0 aliphatic rings. The fourth-order valence-electron chi connectivity index (χ4n) is 1.99.